The summed E-state index contributed by atoms with van der Waals surface area (Å²) in [5.41, 5.74) is 7.96. The van der Waals surface area contributed by atoms with Crippen LogP contribution in [0.1, 0.15) is 0 Å². The van der Waals surface area contributed by atoms with E-state index in [-0.39, 0.29) is 0 Å². The van der Waals surface area contributed by atoms with Crippen molar-refractivity contribution < 1.29 is 8.83 Å². The molecule has 3 aromatic heterocycles. The van der Waals surface area contributed by atoms with E-state index in [9.17, 15) is 0 Å². The zero-order chi connectivity index (χ0) is 34.2. The average Bonchev–Trinajstić information content (AvgIpc) is 3.79. The minimum Gasteiger partial charge on any atom is -0.455 e. The average molecular weight is 666 g/mol. The van der Waals surface area contributed by atoms with Crippen LogP contribution in [0.4, 0.5) is 0 Å². The second kappa shape index (κ2) is 11.2. The van der Waals surface area contributed by atoms with E-state index < -0.39 is 0 Å². The van der Waals surface area contributed by atoms with Crippen LogP contribution in [0, 0.1) is 0 Å². The third-order valence-corrected chi connectivity index (χ3v) is 10.1. The van der Waals surface area contributed by atoms with Crippen molar-refractivity contribution in [2.24, 2.45) is 0 Å². The van der Waals surface area contributed by atoms with Gasteiger partial charge in [-0.1, -0.05) is 140 Å². The summed E-state index contributed by atoms with van der Waals surface area (Å²) in [6.45, 7) is 0. The molecule has 0 saturated carbocycles. The number of aromatic nitrogens is 3. The minimum absolute atomic E-state index is 0.548. The number of para-hydroxylation sites is 4. The molecule has 8 aromatic carbocycles. The van der Waals surface area contributed by atoms with E-state index in [0.717, 1.165) is 93.2 Å². The third-order valence-electron chi connectivity index (χ3n) is 10.1. The Bertz CT molecular complexity index is 3210. The highest BCUT2D eigenvalue weighted by Crippen LogP contribution is 2.40. The van der Waals surface area contributed by atoms with Gasteiger partial charge in [-0.3, -0.25) is 0 Å². The van der Waals surface area contributed by atoms with Crippen molar-refractivity contribution in [3.05, 3.63) is 164 Å². The Morgan fingerprint density at radius 1 is 0.327 bits per heavy atom. The van der Waals surface area contributed by atoms with Crippen LogP contribution in [0.25, 0.3) is 111 Å². The Hall–Kier alpha value is -7.11. The van der Waals surface area contributed by atoms with Crippen LogP contribution in [0.2, 0.25) is 0 Å². The highest BCUT2D eigenvalue weighted by molar-refractivity contribution is 6.14. The fraction of sp³-hybridized carbons (Fsp3) is 0. The predicted molar refractivity (Wildman–Crippen MR) is 211 cm³/mol. The zero-order valence-electron chi connectivity index (χ0n) is 27.7. The van der Waals surface area contributed by atoms with Gasteiger partial charge in [0.1, 0.15) is 22.3 Å². The number of hydrogen-bond donors (Lipinski definition) is 0. The summed E-state index contributed by atoms with van der Waals surface area (Å²) in [5, 5.41) is 8.82. The molecular weight excluding hydrogens is 639 g/mol. The molecule has 0 N–H and O–H groups in total. The van der Waals surface area contributed by atoms with Crippen LogP contribution in [0.5, 0.6) is 0 Å². The van der Waals surface area contributed by atoms with Crippen molar-refractivity contribution in [1.29, 1.82) is 0 Å². The molecule has 0 bridgehead atoms. The molecule has 0 saturated heterocycles. The van der Waals surface area contributed by atoms with Gasteiger partial charge >= 0.3 is 0 Å². The number of benzene rings is 8. The van der Waals surface area contributed by atoms with Crippen molar-refractivity contribution in [3.8, 4) is 45.3 Å². The lowest BCUT2D eigenvalue weighted by Gasteiger charge is -2.12. The topological polar surface area (TPSA) is 65.0 Å². The molecule has 5 nitrogen and oxygen atoms in total. The number of rotatable bonds is 4. The molecule has 52 heavy (non-hydrogen) atoms. The highest BCUT2D eigenvalue weighted by atomic mass is 16.3. The van der Waals surface area contributed by atoms with Gasteiger partial charge in [0.15, 0.2) is 17.5 Å². The Balaban J connectivity index is 1.17. The van der Waals surface area contributed by atoms with Gasteiger partial charge in [-0.25, -0.2) is 15.0 Å². The van der Waals surface area contributed by atoms with E-state index in [0.29, 0.717) is 17.5 Å². The van der Waals surface area contributed by atoms with Crippen LogP contribution in [0.3, 0.4) is 0 Å². The molecule has 0 amide bonds. The maximum absolute atomic E-state index is 6.49. The summed E-state index contributed by atoms with van der Waals surface area (Å²) in [4.78, 5) is 15.6. The third kappa shape index (κ3) is 4.39. The standard InChI is InChI=1S/C47H27N3O2/c1-2-15-32-28(11-1)25-26-29-12-8-21-38(42(29)32)46-48-45(49-47(50-46)39-22-10-20-37-35-17-4-6-24-41(35)52-44(37)39)31-14-7-13-30(27-31)33-18-9-19-36-34-16-3-5-23-40(34)51-43(33)36/h1-27H. The van der Waals surface area contributed by atoms with Gasteiger partial charge in [-0.2, -0.15) is 0 Å². The fourth-order valence-electron chi connectivity index (χ4n) is 7.72. The van der Waals surface area contributed by atoms with E-state index in [1.165, 1.54) is 0 Å². The molecule has 0 radical (unpaired) electrons. The normalized spacial score (nSPS) is 11.8. The summed E-state index contributed by atoms with van der Waals surface area (Å²) in [7, 11) is 0. The summed E-state index contributed by atoms with van der Waals surface area (Å²) in [6, 6.07) is 56.3. The molecule has 0 aliphatic carbocycles. The van der Waals surface area contributed by atoms with E-state index >= 15 is 0 Å². The number of nitrogens with zero attached hydrogens (tertiary/aromatic N) is 3. The summed E-state index contributed by atoms with van der Waals surface area (Å²) in [6.07, 6.45) is 0. The first-order chi connectivity index (χ1) is 25.8. The lowest BCUT2D eigenvalue weighted by Crippen LogP contribution is -2.01. The maximum Gasteiger partial charge on any atom is 0.167 e. The molecule has 0 aliphatic heterocycles. The monoisotopic (exact) mass is 665 g/mol. The SMILES string of the molecule is c1cc(-c2nc(-c3cccc4c3oc3ccccc34)nc(-c3cccc4ccc5ccccc5c34)n2)cc(-c2cccc3c2oc2ccccc23)c1. The molecule has 3 heterocycles. The van der Waals surface area contributed by atoms with Gasteiger partial charge in [0.25, 0.3) is 0 Å². The van der Waals surface area contributed by atoms with Crippen molar-refractivity contribution >= 4 is 65.4 Å². The summed E-state index contributed by atoms with van der Waals surface area (Å²) < 4.78 is 12.9. The lowest BCUT2D eigenvalue weighted by atomic mass is 9.97. The molecule has 0 unspecified atom stereocenters. The molecule has 11 aromatic rings. The Labute approximate surface area is 297 Å². The predicted octanol–water partition coefficient (Wildman–Crippen LogP) is 12.6. The Kier molecular flexibility index (Phi) is 6.18. The van der Waals surface area contributed by atoms with Gasteiger partial charge in [0, 0.05) is 43.6 Å². The molecular formula is C47H27N3O2. The second-order valence-corrected chi connectivity index (χ2v) is 13.1. The van der Waals surface area contributed by atoms with Gasteiger partial charge in [-0.05, 0) is 46.0 Å². The van der Waals surface area contributed by atoms with Gasteiger partial charge < -0.3 is 8.83 Å². The Morgan fingerprint density at radius 3 is 1.60 bits per heavy atom. The quantitative estimate of drug-likeness (QED) is 0.175. The fourth-order valence-corrected chi connectivity index (χ4v) is 7.72. The van der Waals surface area contributed by atoms with E-state index in [1.54, 1.807) is 0 Å². The summed E-state index contributed by atoms with van der Waals surface area (Å²) >= 11 is 0. The van der Waals surface area contributed by atoms with Crippen molar-refractivity contribution in [1.82, 2.24) is 15.0 Å². The van der Waals surface area contributed by atoms with Crippen LogP contribution in [-0.4, -0.2) is 15.0 Å². The van der Waals surface area contributed by atoms with E-state index in [1.807, 2.05) is 48.5 Å². The molecule has 11 rings (SSSR count). The maximum atomic E-state index is 6.49. The number of hydrogen-bond acceptors (Lipinski definition) is 5. The molecule has 0 aliphatic rings. The number of furan rings is 2. The van der Waals surface area contributed by atoms with Crippen LogP contribution < -0.4 is 0 Å². The largest absolute Gasteiger partial charge is 0.455 e. The first-order valence-electron chi connectivity index (χ1n) is 17.4. The zero-order valence-corrected chi connectivity index (χ0v) is 27.7. The first-order valence-corrected chi connectivity index (χ1v) is 17.4. The van der Waals surface area contributed by atoms with E-state index in [2.05, 4.69) is 115 Å². The van der Waals surface area contributed by atoms with Crippen molar-refractivity contribution in [2.45, 2.75) is 0 Å². The van der Waals surface area contributed by atoms with Crippen molar-refractivity contribution in [2.75, 3.05) is 0 Å². The van der Waals surface area contributed by atoms with Crippen molar-refractivity contribution in [3.63, 3.8) is 0 Å². The second-order valence-electron chi connectivity index (χ2n) is 13.1. The Morgan fingerprint density at radius 2 is 0.827 bits per heavy atom. The van der Waals surface area contributed by atoms with Gasteiger partial charge in [-0.15, -0.1) is 0 Å². The van der Waals surface area contributed by atoms with Crippen LogP contribution in [0.15, 0.2) is 173 Å². The first kappa shape index (κ1) is 28.7. The van der Waals surface area contributed by atoms with Gasteiger partial charge in [0.2, 0.25) is 0 Å². The molecule has 0 fully saturated rings. The molecule has 0 atom stereocenters. The smallest absolute Gasteiger partial charge is 0.167 e. The highest BCUT2D eigenvalue weighted by Gasteiger charge is 2.20. The van der Waals surface area contributed by atoms with E-state index in [4.69, 9.17) is 23.8 Å². The van der Waals surface area contributed by atoms with Gasteiger partial charge in [0.05, 0.1) is 5.56 Å². The lowest BCUT2D eigenvalue weighted by molar-refractivity contribution is 0.669. The van der Waals surface area contributed by atoms with Crippen LogP contribution >= 0.6 is 0 Å². The molecule has 242 valence electrons. The minimum atomic E-state index is 0.548. The summed E-state index contributed by atoms with van der Waals surface area (Å²) in [5.74, 6) is 1.72. The molecule has 0 spiro atoms. The number of fused-ring (bicyclic) bond motifs is 9. The van der Waals surface area contributed by atoms with Crippen LogP contribution in [-0.2, 0) is 0 Å². The molecule has 5 heteroatoms.